The molecule has 0 saturated carbocycles. The molecular weight excluding hydrogens is 288 g/mol. The molecule has 0 aliphatic carbocycles. The molecule has 7 heteroatoms. The third-order valence-electron chi connectivity index (χ3n) is 2.58. The van der Waals surface area contributed by atoms with E-state index in [1.807, 2.05) is 0 Å². The van der Waals surface area contributed by atoms with Crippen LogP contribution in [0.5, 0.6) is 0 Å². The highest BCUT2D eigenvalue weighted by Crippen LogP contribution is 2.34. The van der Waals surface area contributed by atoms with E-state index in [2.05, 4.69) is 10.6 Å². The molecule has 21 heavy (non-hydrogen) atoms. The van der Waals surface area contributed by atoms with Crippen molar-refractivity contribution in [3.05, 3.63) is 59.9 Å². The molecular formula is C14H10F4N2O. The van der Waals surface area contributed by atoms with Crippen LogP contribution in [0.2, 0.25) is 0 Å². The van der Waals surface area contributed by atoms with Crippen molar-refractivity contribution >= 4 is 17.4 Å². The number of alkyl halides is 3. The van der Waals surface area contributed by atoms with E-state index in [0.29, 0.717) is 0 Å². The Kier molecular flexibility index (Phi) is 4.11. The normalized spacial score (nSPS) is 11.0. The number of anilines is 2. The van der Waals surface area contributed by atoms with Gasteiger partial charge in [-0.15, -0.1) is 0 Å². The zero-order valence-corrected chi connectivity index (χ0v) is 10.5. The van der Waals surface area contributed by atoms with Gasteiger partial charge in [-0.25, -0.2) is 9.18 Å². The molecule has 0 radical (unpaired) electrons. The fourth-order valence-electron chi connectivity index (χ4n) is 1.66. The Balaban J connectivity index is 2.11. The van der Waals surface area contributed by atoms with Crippen LogP contribution in [0.1, 0.15) is 5.56 Å². The van der Waals surface area contributed by atoms with E-state index in [9.17, 15) is 22.4 Å². The Morgan fingerprint density at radius 3 is 2.14 bits per heavy atom. The number of hydrogen-bond acceptors (Lipinski definition) is 1. The maximum Gasteiger partial charge on any atom is 0.418 e. The van der Waals surface area contributed by atoms with Crippen LogP contribution in [0, 0.1) is 5.82 Å². The minimum atomic E-state index is -4.57. The first-order valence-corrected chi connectivity index (χ1v) is 5.86. The standard InChI is InChI=1S/C14H10F4N2O/c15-9-5-7-10(8-6-9)19-13(21)20-12-4-2-1-3-11(12)14(16,17)18/h1-8H,(H2,19,20,21). The Bertz CT molecular complexity index is 638. The van der Waals surface area contributed by atoms with Crippen molar-refractivity contribution in [2.24, 2.45) is 0 Å². The highest BCUT2D eigenvalue weighted by atomic mass is 19.4. The molecule has 0 aliphatic heterocycles. The third kappa shape index (κ3) is 3.95. The van der Waals surface area contributed by atoms with Gasteiger partial charge in [-0.3, -0.25) is 0 Å². The van der Waals surface area contributed by atoms with E-state index < -0.39 is 23.6 Å². The van der Waals surface area contributed by atoms with Crippen LogP contribution in [0.25, 0.3) is 0 Å². The van der Waals surface area contributed by atoms with Gasteiger partial charge in [-0.05, 0) is 36.4 Å². The largest absolute Gasteiger partial charge is 0.418 e. The van der Waals surface area contributed by atoms with Gasteiger partial charge in [-0.1, -0.05) is 12.1 Å². The molecule has 0 atom stereocenters. The molecule has 2 aromatic rings. The van der Waals surface area contributed by atoms with Gasteiger partial charge in [0.25, 0.3) is 0 Å². The van der Waals surface area contributed by atoms with Crippen molar-refractivity contribution in [1.82, 2.24) is 0 Å². The monoisotopic (exact) mass is 298 g/mol. The predicted octanol–water partition coefficient (Wildman–Crippen LogP) is 4.49. The molecule has 0 bridgehead atoms. The van der Waals surface area contributed by atoms with Gasteiger partial charge in [0.2, 0.25) is 0 Å². The highest BCUT2D eigenvalue weighted by Gasteiger charge is 2.33. The molecule has 0 fully saturated rings. The van der Waals surface area contributed by atoms with Gasteiger partial charge in [0.1, 0.15) is 5.82 Å². The molecule has 110 valence electrons. The number of nitrogens with one attached hydrogen (secondary N) is 2. The zero-order valence-electron chi connectivity index (χ0n) is 10.5. The van der Waals surface area contributed by atoms with Crippen molar-refractivity contribution in [2.75, 3.05) is 10.6 Å². The summed E-state index contributed by atoms with van der Waals surface area (Å²) in [6, 6.07) is 8.61. The molecule has 2 rings (SSSR count). The summed E-state index contributed by atoms with van der Waals surface area (Å²) in [7, 11) is 0. The van der Waals surface area contributed by atoms with E-state index in [-0.39, 0.29) is 11.4 Å². The molecule has 0 spiro atoms. The van der Waals surface area contributed by atoms with E-state index in [1.165, 1.54) is 24.3 Å². The fraction of sp³-hybridized carbons (Fsp3) is 0.0714. The van der Waals surface area contributed by atoms with Gasteiger partial charge in [-0.2, -0.15) is 13.2 Å². The molecule has 2 N–H and O–H groups in total. The number of carbonyl (C=O) groups excluding carboxylic acids is 1. The number of urea groups is 1. The smallest absolute Gasteiger partial charge is 0.308 e. The summed E-state index contributed by atoms with van der Waals surface area (Å²) in [5, 5.41) is 4.43. The Morgan fingerprint density at radius 2 is 1.52 bits per heavy atom. The molecule has 0 saturated heterocycles. The molecule has 0 aliphatic rings. The van der Waals surface area contributed by atoms with E-state index >= 15 is 0 Å². The van der Waals surface area contributed by atoms with Gasteiger partial charge >= 0.3 is 12.2 Å². The number of para-hydroxylation sites is 1. The number of amides is 2. The molecule has 0 heterocycles. The lowest BCUT2D eigenvalue weighted by molar-refractivity contribution is -0.136. The summed E-state index contributed by atoms with van der Waals surface area (Å²) in [5.74, 6) is -0.483. The van der Waals surface area contributed by atoms with Crippen LogP contribution in [0.15, 0.2) is 48.5 Å². The van der Waals surface area contributed by atoms with E-state index in [0.717, 1.165) is 24.3 Å². The minimum Gasteiger partial charge on any atom is -0.308 e. The van der Waals surface area contributed by atoms with E-state index in [1.54, 1.807) is 0 Å². The number of halogens is 4. The van der Waals surface area contributed by atoms with Crippen LogP contribution in [0.4, 0.5) is 33.7 Å². The van der Waals surface area contributed by atoms with Crippen molar-refractivity contribution in [3.63, 3.8) is 0 Å². The van der Waals surface area contributed by atoms with Gasteiger partial charge in [0, 0.05) is 5.69 Å². The molecule has 0 aromatic heterocycles. The average molecular weight is 298 g/mol. The Labute approximate surface area is 117 Å². The summed E-state index contributed by atoms with van der Waals surface area (Å²) >= 11 is 0. The second-order valence-corrected chi connectivity index (χ2v) is 4.13. The maximum atomic E-state index is 12.8. The molecule has 0 unspecified atom stereocenters. The van der Waals surface area contributed by atoms with Crippen molar-refractivity contribution < 1.29 is 22.4 Å². The van der Waals surface area contributed by atoms with Crippen molar-refractivity contribution in [2.45, 2.75) is 6.18 Å². The SMILES string of the molecule is O=C(Nc1ccc(F)cc1)Nc1ccccc1C(F)(F)F. The average Bonchev–Trinajstić information content (AvgIpc) is 2.41. The topological polar surface area (TPSA) is 41.1 Å². The number of benzene rings is 2. The van der Waals surface area contributed by atoms with Crippen molar-refractivity contribution in [1.29, 1.82) is 0 Å². The lowest BCUT2D eigenvalue weighted by atomic mass is 10.1. The van der Waals surface area contributed by atoms with Gasteiger partial charge in [0.15, 0.2) is 0 Å². The summed E-state index contributed by atoms with van der Waals surface area (Å²) < 4.78 is 51.0. The van der Waals surface area contributed by atoms with Gasteiger partial charge in [0.05, 0.1) is 11.3 Å². The van der Waals surface area contributed by atoms with E-state index in [4.69, 9.17) is 0 Å². The zero-order chi connectivity index (χ0) is 15.5. The van der Waals surface area contributed by atoms with Crippen LogP contribution in [0.3, 0.4) is 0 Å². The number of hydrogen-bond donors (Lipinski definition) is 2. The van der Waals surface area contributed by atoms with Crippen LogP contribution in [-0.2, 0) is 6.18 Å². The van der Waals surface area contributed by atoms with Crippen molar-refractivity contribution in [3.8, 4) is 0 Å². The Morgan fingerprint density at radius 1 is 0.905 bits per heavy atom. The third-order valence-corrected chi connectivity index (χ3v) is 2.58. The quantitative estimate of drug-likeness (QED) is 0.788. The minimum absolute atomic E-state index is 0.262. The van der Waals surface area contributed by atoms with Crippen LogP contribution >= 0.6 is 0 Å². The molecule has 2 amide bonds. The summed E-state index contributed by atoms with van der Waals surface area (Å²) in [6.45, 7) is 0. The van der Waals surface area contributed by atoms with Crippen LogP contribution in [-0.4, -0.2) is 6.03 Å². The van der Waals surface area contributed by atoms with Crippen LogP contribution < -0.4 is 10.6 Å². The predicted molar refractivity (Wildman–Crippen MR) is 70.5 cm³/mol. The number of carbonyl (C=O) groups is 1. The Hall–Kier alpha value is -2.57. The summed E-state index contributed by atoms with van der Waals surface area (Å²) in [4.78, 5) is 11.7. The first kappa shape index (κ1) is 14.8. The van der Waals surface area contributed by atoms with Gasteiger partial charge < -0.3 is 10.6 Å². The first-order chi connectivity index (χ1) is 9.86. The maximum absolute atomic E-state index is 12.8. The number of rotatable bonds is 2. The summed E-state index contributed by atoms with van der Waals surface area (Å²) in [5.41, 5.74) is -1.04. The lowest BCUT2D eigenvalue weighted by Crippen LogP contribution is -2.21. The highest BCUT2D eigenvalue weighted by molar-refractivity contribution is 6.00. The molecule has 2 aromatic carbocycles. The fourth-order valence-corrected chi connectivity index (χ4v) is 1.66. The first-order valence-electron chi connectivity index (χ1n) is 5.86. The molecule has 3 nitrogen and oxygen atoms in total. The lowest BCUT2D eigenvalue weighted by Gasteiger charge is -2.14. The second-order valence-electron chi connectivity index (χ2n) is 4.13. The summed E-state index contributed by atoms with van der Waals surface area (Å²) in [6.07, 6.45) is -4.57. The second kappa shape index (κ2) is 5.82.